The Labute approximate surface area is 133 Å². The molecule has 1 heterocycles. The topological polar surface area (TPSA) is 47.6 Å². The molecule has 5 heteroatoms. The van der Waals surface area contributed by atoms with Crippen molar-refractivity contribution in [3.05, 3.63) is 29.8 Å². The molecule has 1 amide bonds. The Balaban J connectivity index is 2.06. The van der Waals surface area contributed by atoms with Crippen LogP contribution in [0.5, 0.6) is 0 Å². The molecule has 0 saturated carbocycles. The van der Waals surface area contributed by atoms with Crippen LogP contribution in [0.15, 0.2) is 24.3 Å². The predicted octanol–water partition coefficient (Wildman–Crippen LogP) is 2.37. The van der Waals surface area contributed by atoms with Crippen molar-refractivity contribution in [2.75, 3.05) is 6.54 Å². The Bertz CT molecular complexity index is 521. The van der Waals surface area contributed by atoms with Crippen molar-refractivity contribution in [3.8, 4) is 0 Å². The van der Waals surface area contributed by atoms with Crippen molar-refractivity contribution in [2.24, 2.45) is 5.92 Å². The number of hydrogen-bond donors (Lipinski definition) is 1. The van der Waals surface area contributed by atoms with E-state index in [1.807, 2.05) is 52.0 Å². The maximum Gasteiger partial charge on any atom is 0.494 e. The number of carbonyl (C=O) groups excluding carboxylic acids is 1. The van der Waals surface area contributed by atoms with E-state index in [0.717, 1.165) is 5.46 Å². The van der Waals surface area contributed by atoms with Crippen LogP contribution in [0.2, 0.25) is 0 Å². The molecule has 120 valence electrons. The molecule has 0 bridgehead atoms. The van der Waals surface area contributed by atoms with E-state index in [1.54, 1.807) is 0 Å². The third kappa shape index (κ3) is 3.53. The standard InChI is InChI=1S/C17H26BNO3/c1-12(2)11-19-15(20)13-7-9-14(10-8-13)18-21-16(3,4)17(5,6)22-18/h7-10,12H,11H2,1-6H3,(H,19,20). The summed E-state index contributed by atoms with van der Waals surface area (Å²) in [7, 11) is -0.391. The van der Waals surface area contributed by atoms with E-state index in [1.165, 1.54) is 0 Å². The van der Waals surface area contributed by atoms with E-state index in [9.17, 15) is 4.79 Å². The summed E-state index contributed by atoms with van der Waals surface area (Å²) in [6.45, 7) is 12.9. The second kappa shape index (κ2) is 6.05. The zero-order valence-electron chi connectivity index (χ0n) is 14.4. The SMILES string of the molecule is CC(C)CNC(=O)c1ccc(B2OC(C)(C)C(C)(C)O2)cc1. The van der Waals surface area contributed by atoms with Crippen LogP contribution in [0.4, 0.5) is 0 Å². The number of nitrogens with one attached hydrogen (secondary N) is 1. The number of benzene rings is 1. The molecular weight excluding hydrogens is 277 g/mol. The molecule has 1 aromatic rings. The van der Waals surface area contributed by atoms with Gasteiger partial charge in [-0.2, -0.15) is 0 Å². The highest BCUT2D eigenvalue weighted by atomic mass is 16.7. The number of amides is 1. The van der Waals surface area contributed by atoms with Gasteiger partial charge in [0.2, 0.25) is 0 Å². The van der Waals surface area contributed by atoms with Gasteiger partial charge in [0, 0.05) is 12.1 Å². The maximum absolute atomic E-state index is 12.0. The van der Waals surface area contributed by atoms with Crippen LogP contribution in [0, 0.1) is 5.92 Å². The molecule has 1 aromatic carbocycles. The van der Waals surface area contributed by atoms with Gasteiger partial charge in [-0.25, -0.2) is 0 Å². The van der Waals surface area contributed by atoms with Gasteiger partial charge >= 0.3 is 7.12 Å². The Morgan fingerprint density at radius 2 is 1.59 bits per heavy atom. The van der Waals surface area contributed by atoms with Crippen LogP contribution in [0.25, 0.3) is 0 Å². The number of carbonyl (C=O) groups is 1. The summed E-state index contributed by atoms with van der Waals surface area (Å²) < 4.78 is 12.0. The molecule has 1 saturated heterocycles. The fourth-order valence-electron chi connectivity index (χ4n) is 2.17. The van der Waals surface area contributed by atoms with E-state index in [4.69, 9.17) is 9.31 Å². The summed E-state index contributed by atoms with van der Waals surface area (Å²) in [4.78, 5) is 12.0. The lowest BCUT2D eigenvalue weighted by Gasteiger charge is -2.32. The Hall–Kier alpha value is -1.33. The fraction of sp³-hybridized carbons (Fsp3) is 0.588. The van der Waals surface area contributed by atoms with Gasteiger partial charge in [-0.15, -0.1) is 0 Å². The quantitative estimate of drug-likeness (QED) is 0.869. The zero-order chi connectivity index (χ0) is 16.5. The molecule has 0 atom stereocenters. The predicted molar refractivity (Wildman–Crippen MR) is 89.3 cm³/mol. The lowest BCUT2D eigenvalue weighted by molar-refractivity contribution is 0.00578. The van der Waals surface area contributed by atoms with Gasteiger partial charge in [0.25, 0.3) is 5.91 Å². The second-order valence-corrected chi connectivity index (χ2v) is 7.31. The van der Waals surface area contributed by atoms with Crippen LogP contribution in [0.1, 0.15) is 51.9 Å². The van der Waals surface area contributed by atoms with Gasteiger partial charge in [0.1, 0.15) is 0 Å². The highest BCUT2D eigenvalue weighted by molar-refractivity contribution is 6.62. The minimum Gasteiger partial charge on any atom is -0.399 e. The largest absolute Gasteiger partial charge is 0.494 e. The van der Waals surface area contributed by atoms with Gasteiger partial charge in [0.15, 0.2) is 0 Å². The molecule has 2 rings (SSSR count). The summed E-state index contributed by atoms with van der Waals surface area (Å²) in [5.41, 5.74) is 0.871. The minimum atomic E-state index is -0.391. The van der Waals surface area contributed by atoms with Crippen LogP contribution in [-0.2, 0) is 9.31 Å². The maximum atomic E-state index is 12.0. The van der Waals surface area contributed by atoms with E-state index in [-0.39, 0.29) is 17.1 Å². The fourth-order valence-corrected chi connectivity index (χ4v) is 2.17. The van der Waals surface area contributed by atoms with Gasteiger partial charge in [-0.3, -0.25) is 4.79 Å². The second-order valence-electron chi connectivity index (χ2n) is 7.31. The highest BCUT2D eigenvalue weighted by Crippen LogP contribution is 2.36. The Kier molecular flexibility index (Phi) is 4.69. The summed E-state index contributed by atoms with van der Waals surface area (Å²) in [5.74, 6) is 0.391. The Morgan fingerprint density at radius 3 is 2.05 bits per heavy atom. The molecule has 1 aliphatic heterocycles. The molecular formula is C17H26BNO3. The zero-order valence-corrected chi connectivity index (χ0v) is 14.4. The first kappa shape index (κ1) is 17.0. The molecule has 0 spiro atoms. The first-order valence-electron chi connectivity index (χ1n) is 7.86. The molecule has 0 radical (unpaired) electrons. The average molecular weight is 303 g/mol. The average Bonchev–Trinajstić information content (AvgIpc) is 2.65. The van der Waals surface area contributed by atoms with Crippen molar-refractivity contribution < 1.29 is 14.1 Å². The molecule has 22 heavy (non-hydrogen) atoms. The van der Waals surface area contributed by atoms with E-state index in [0.29, 0.717) is 18.0 Å². The number of hydrogen-bond acceptors (Lipinski definition) is 3. The summed E-state index contributed by atoms with van der Waals surface area (Å²) in [5, 5.41) is 2.91. The molecule has 0 aliphatic carbocycles. The van der Waals surface area contributed by atoms with Crippen LogP contribution in [0.3, 0.4) is 0 Å². The normalized spacial score (nSPS) is 19.5. The number of rotatable bonds is 4. The highest BCUT2D eigenvalue weighted by Gasteiger charge is 2.51. The van der Waals surface area contributed by atoms with Crippen LogP contribution >= 0.6 is 0 Å². The third-order valence-electron chi connectivity index (χ3n) is 4.37. The van der Waals surface area contributed by atoms with Gasteiger partial charge < -0.3 is 14.6 Å². The molecule has 4 nitrogen and oxygen atoms in total. The van der Waals surface area contributed by atoms with E-state index in [2.05, 4.69) is 19.2 Å². The molecule has 1 fully saturated rings. The molecule has 1 N–H and O–H groups in total. The molecule has 1 aliphatic rings. The van der Waals surface area contributed by atoms with E-state index < -0.39 is 7.12 Å². The molecule has 0 unspecified atom stereocenters. The lowest BCUT2D eigenvalue weighted by Crippen LogP contribution is -2.41. The van der Waals surface area contributed by atoms with E-state index >= 15 is 0 Å². The Morgan fingerprint density at radius 1 is 1.09 bits per heavy atom. The first-order chi connectivity index (χ1) is 10.1. The van der Waals surface area contributed by atoms with Gasteiger partial charge in [-0.05, 0) is 51.2 Å². The molecule has 0 aromatic heterocycles. The van der Waals surface area contributed by atoms with Crippen molar-refractivity contribution in [3.63, 3.8) is 0 Å². The monoisotopic (exact) mass is 303 g/mol. The smallest absolute Gasteiger partial charge is 0.399 e. The van der Waals surface area contributed by atoms with Crippen LogP contribution in [-0.4, -0.2) is 30.8 Å². The van der Waals surface area contributed by atoms with Crippen molar-refractivity contribution >= 4 is 18.5 Å². The van der Waals surface area contributed by atoms with Crippen molar-refractivity contribution in [2.45, 2.75) is 52.7 Å². The summed E-state index contributed by atoms with van der Waals surface area (Å²) in [6.07, 6.45) is 0. The first-order valence-corrected chi connectivity index (χ1v) is 7.86. The summed E-state index contributed by atoms with van der Waals surface area (Å²) in [6, 6.07) is 7.42. The van der Waals surface area contributed by atoms with Crippen molar-refractivity contribution in [1.29, 1.82) is 0 Å². The minimum absolute atomic E-state index is 0.0471. The van der Waals surface area contributed by atoms with Crippen molar-refractivity contribution in [1.82, 2.24) is 5.32 Å². The van der Waals surface area contributed by atoms with Gasteiger partial charge in [0.05, 0.1) is 11.2 Å². The van der Waals surface area contributed by atoms with Gasteiger partial charge in [-0.1, -0.05) is 26.0 Å². The third-order valence-corrected chi connectivity index (χ3v) is 4.37. The van der Waals surface area contributed by atoms with Crippen LogP contribution < -0.4 is 10.8 Å². The summed E-state index contributed by atoms with van der Waals surface area (Å²) >= 11 is 0. The lowest BCUT2D eigenvalue weighted by atomic mass is 9.79.